The SMILES string of the molecule is O=C(C1NNC2CCCC21)N1CCCC(N2CCN(Cc3ccc4c(c3)OCO4)CC2)C1. The van der Waals surface area contributed by atoms with Crippen LogP contribution in [0.4, 0.5) is 0 Å². The number of benzene rings is 1. The highest BCUT2D eigenvalue weighted by molar-refractivity contribution is 5.83. The van der Waals surface area contributed by atoms with E-state index in [-0.39, 0.29) is 6.04 Å². The van der Waals surface area contributed by atoms with Gasteiger partial charge >= 0.3 is 0 Å². The Balaban J connectivity index is 1.01. The van der Waals surface area contributed by atoms with Crippen molar-refractivity contribution >= 4 is 5.91 Å². The van der Waals surface area contributed by atoms with E-state index >= 15 is 0 Å². The van der Waals surface area contributed by atoms with Crippen LogP contribution < -0.4 is 20.3 Å². The van der Waals surface area contributed by atoms with Gasteiger partial charge in [-0.25, -0.2) is 5.43 Å². The second-order valence-corrected chi connectivity index (χ2v) is 10.0. The van der Waals surface area contributed by atoms with E-state index in [1.165, 1.54) is 31.2 Å². The predicted molar refractivity (Wildman–Crippen MR) is 120 cm³/mol. The van der Waals surface area contributed by atoms with Gasteiger partial charge in [0.25, 0.3) is 0 Å². The molecule has 0 aromatic heterocycles. The molecule has 1 aliphatic carbocycles. The molecule has 1 aromatic rings. The predicted octanol–water partition coefficient (Wildman–Crippen LogP) is 1.17. The second kappa shape index (κ2) is 8.82. The van der Waals surface area contributed by atoms with Crippen LogP contribution in [0.15, 0.2) is 18.2 Å². The van der Waals surface area contributed by atoms with Crippen LogP contribution in [0.2, 0.25) is 0 Å². The quantitative estimate of drug-likeness (QED) is 0.727. The molecular formula is C24H35N5O3. The molecule has 4 aliphatic heterocycles. The van der Waals surface area contributed by atoms with E-state index in [1.54, 1.807) is 0 Å². The minimum absolute atomic E-state index is 0.0280. The fraction of sp³-hybridized carbons (Fsp3) is 0.708. The van der Waals surface area contributed by atoms with Gasteiger partial charge < -0.3 is 14.4 Å². The third kappa shape index (κ3) is 3.98. The van der Waals surface area contributed by atoms with E-state index in [0.29, 0.717) is 30.7 Å². The molecule has 3 saturated heterocycles. The molecular weight excluding hydrogens is 406 g/mol. The first-order valence-corrected chi connectivity index (χ1v) is 12.4. The molecule has 4 heterocycles. The topological polar surface area (TPSA) is 69.3 Å². The van der Waals surface area contributed by atoms with E-state index in [2.05, 4.69) is 37.7 Å². The first kappa shape index (κ1) is 20.7. The van der Waals surface area contributed by atoms with E-state index in [4.69, 9.17) is 9.47 Å². The number of piperidine rings is 1. The Morgan fingerprint density at radius 1 is 0.969 bits per heavy atom. The number of amides is 1. The van der Waals surface area contributed by atoms with Gasteiger partial charge in [0.1, 0.15) is 6.04 Å². The van der Waals surface area contributed by atoms with Crippen molar-refractivity contribution in [1.82, 2.24) is 25.6 Å². The zero-order valence-corrected chi connectivity index (χ0v) is 18.8. The summed E-state index contributed by atoms with van der Waals surface area (Å²) < 4.78 is 10.9. The Labute approximate surface area is 190 Å². The zero-order chi connectivity index (χ0) is 21.5. The van der Waals surface area contributed by atoms with E-state index in [0.717, 1.165) is 63.7 Å². The average Bonchev–Trinajstić information content (AvgIpc) is 3.56. The number of carbonyl (C=O) groups excluding carboxylic acids is 1. The summed E-state index contributed by atoms with van der Waals surface area (Å²) in [5.74, 6) is 2.51. The summed E-state index contributed by atoms with van der Waals surface area (Å²) in [4.78, 5) is 20.6. The highest BCUT2D eigenvalue weighted by Crippen LogP contribution is 2.34. The maximum atomic E-state index is 13.3. The van der Waals surface area contributed by atoms with Crippen LogP contribution in [0.1, 0.15) is 37.7 Å². The van der Waals surface area contributed by atoms with Gasteiger partial charge in [0.05, 0.1) is 0 Å². The van der Waals surface area contributed by atoms with E-state index in [1.807, 2.05) is 6.07 Å². The lowest BCUT2D eigenvalue weighted by Crippen LogP contribution is -2.58. The summed E-state index contributed by atoms with van der Waals surface area (Å²) in [5.41, 5.74) is 7.97. The van der Waals surface area contributed by atoms with Crippen LogP contribution in [0.3, 0.4) is 0 Å². The molecule has 0 radical (unpaired) electrons. The number of piperazine rings is 1. The lowest BCUT2D eigenvalue weighted by atomic mass is 9.94. The Hall–Kier alpha value is -1.87. The molecule has 8 nitrogen and oxygen atoms in total. The van der Waals surface area contributed by atoms with Gasteiger partial charge in [-0.15, -0.1) is 0 Å². The van der Waals surface area contributed by atoms with Crippen LogP contribution >= 0.6 is 0 Å². The normalized spacial score (nSPS) is 32.9. The first-order valence-electron chi connectivity index (χ1n) is 12.4. The number of carbonyl (C=O) groups is 1. The third-order valence-electron chi connectivity index (χ3n) is 8.16. The Bertz CT molecular complexity index is 843. The fourth-order valence-corrected chi connectivity index (χ4v) is 6.35. The summed E-state index contributed by atoms with van der Waals surface area (Å²) in [6.07, 6.45) is 5.92. The summed E-state index contributed by atoms with van der Waals surface area (Å²) in [6.45, 7) is 7.35. The van der Waals surface area contributed by atoms with Crippen LogP contribution in [-0.4, -0.2) is 84.8 Å². The number of fused-ring (bicyclic) bond motifs is 2. The van der Waals surface area contributed by atoms with Gasteiger partial charge in [0, 0.05) is 63.8 Å². The number of likely N-dealkylation sites (tertiary alicyclic amines) is 1. The number of hydrogen-bond donors (Lipinski definition) is 2. The molecule has 8 heteroatoms. The Morgan fingerprint density at radius 2 is 1.84 bits per heavy atom. The van der Waals surface area contributed by atoms with Crippen LogP contribution in [0, 0.1) is 5.92 Å². The van der Waals surface area contributed by atoms with Gasteiger partial charge in [-0.2, -0.15) is 0 Å². The van der Waals surface area contributed by atoms with Crippen LogP contribution in [0.25, 0.3) is 0 Å². The number of nitrogens with one attached hydrogen (secondary N) is 2. The van der Waals surface area contributed by atoms with E-state index < -0.39 is 0 Å². The lowest BCUT2D eigenvalue weighted by Gasteiger charge is -2.44. The van der Waals surface area contributed by atoms with Crippen molar-refractivity contribution in [2.75, 3.05) is 46.1 Å². The largest absolute Gasteiger partial charge is 0.454 e. The molecule has 6 rings (SSSR count). The van der Waals surface area contributed by atoms with Gasteiger partial charge in [-0.05, 0) is 43.4 Å². The van der Waals surface area contributed by atoms with Crippen molar-refractivity contribution in [3.63, 3.8) is 0 Å². The molecule has 1 saturated carbocycles. The monoisotopic (exact) mass is 441 g/mol. The minimum Gasteiger partial charge on any atom is -0.454 e. The van der Waals surface area contributed by atoms with Crippen molar-refractivity contribution in [3.05, 3.63) is 23.8 Å². The first-order chi connectivity index (χ1) is 15.7. The van der Waals surface area contributed by atoms with E-state index in [9.17, 15) is 4.79 Å². The van der Waals surface area contributed by atoms with Crippen molar-refractivity contribution in [1.29, 1.82) is 0 Å². The fourth-order valence-electron chi connectivity index (χ4n) is 6.35. The van der Waals surface area contributed by atoms with Crippen molar-refractivity contribution in [3.8, 4) is 11.5 Å². The minimum atomic E-state index is -0.0280. The number of rotatable bonds is 4. The van der Waals surface area contributed by atoms with Gasteiger partial charge in [0.15, 0.2) is 11.5 Å². The average molecular weight is 442 g/mol. The van der Waals surface area contributed by atoms with Gasteiger partial charge in [-0.3, -0.25) is 20.0 Å². The Morgan fingerprint density at radius 3 is 2.75 bits per heavy atom. The number of ether oxygens (including phenoxy) is 2. The highest BCUT2D eigenvalue weighted by Gasteiger charge is 2.44. The molecule has 32 heavy (non-hydrogen) atoms. The summed E-state index contributed by atoms with van der Waals surface area (Å²) in [7, 11) is 0. The van der Waals surface area contributed by atoms with Gasteiger partial charge in [0.2, 0.25) is 12.7 Å². The molecule has 4 unspecified atom stereocenters. The van der Waals surface area contributed by atoms with Crippen molar-refractivity contribution in [2.24, 2.45) is 5.92 Å². The number of hydrazine groups is 1. The third-order valence-corrected chi connectivity index (χ3v) is 8.16. The Kier molecular flexibility index (Phi) is 5.71. The van der Waals surface area contributed by atoms with Crippen LogP contribution in [0.5, 0.6) is 11.5 Å². The number of hydrogen-bond acceptors (Lipinski definition) is 7. The molecule has 2 N–H and O–H groups in total. The van der Waals surface area contributed by atoms with Crippen molar-refractivity contribution in [2.45, 2.75) is 56.8 Å². The maximum absolute atomic E-state index is 13.3. The highest BCUT2D eigenvalue weighted by atomic mass is 16.7. The molecule has 4 atom stereocenters. The van der Waals surface area contributed by atoms with Crippen molar-refractivity contribution < 1.29 is 14.3 Å². The molecule has 1 amide bonds. The molecule has 0 spiro atoms. The smallest absolute Gasteiger partial charge is 0.241 e. The van der Waals surface area contributed by atoms with Crippen LogP contribution in [-0.2, 0) is 11.3 Å². The molecule has 4 fully saturated rings. The number of nitrogens with zero attached hydrogens (tertiary/aromatic N) is 3. The zero-order valence-electron chi connectivity index (χ0n) is 18.8. The maximum Gasteiger partial charge on any atom is 0.241 e. The van der Waals surface area contributed by atoms with Gasteiger partial charge in [-0.1, -0.05) is 12.5 Å². The summed E-state index contributed by atoms with van der Waals surface area (Å²) in [6, 6.07) is 7.23. The lowest BCUT2D eigenvalue weighted by molar-refractivity contribution is -0.136. The molecule has 0 bridgehead atoms. The molecule has 174 valence electrons. The second-order valence-electron chi connectivity index (χ2n) is 10.0. The summed E-state index contributed by atoms with van der Waals surface area (Å²) in [5, 5.41) is 0. The molecule has 1 aromatic carbocycles. The molecule has 5 aliphatic rings. The summed E-state index contributed by atoms with van der Waals surface area (Å²) >= 11 is 0. The standard InChI is InChI=1S/C24H35N5O3/c30-24(23-19-4-1-5-20(19)25-26-23)29-8-2-3-18(15-29)28-11-9-27(10-12-28)14-17-6-7-21-22(13-17)32-16-31-21/h6-7,13,18-20,23,25-26H,1-5,8-12,14-16H2.